The molecule has 0 amide bonds. The zero-order valence-corrected chi connectivity index (χ0v) is 15.1. The van der Waals surface area contributed by atoms with Gasteiger partial charge >= 0.3 is 0 Å². The molecule has 2 aliphatic heterocycles. The fourth-order valence-corrected chi connectivity index (χ4v) is 4.13. The van der Waals surface area contributed by atoms with E-state index < -0.39 is 0 Å². The van der Waals surface area contributed by atoms with Crippen molar-refractivity contribution in [1.29, 1.82) is 0 Å². The number of hydrogen-bond acceptors (Lipinski definition) is 6. The van der Waals surface area contributed by atoms with Crippen molar-refractivity contribution in [1.82, 2.24) is 19.9 Å². The van der Waals surface area contributed by atoms with E-state index in [1.54, 1.807) is 6.33 Å². The van der Waals surface area contributed by atoms with Crippen molar-refractivity contribution in [3.63, 3.8) is 0 Å². The first-order chi connectivity index (χ1) is 12.6. The summed E-state index contributed by atoms with van der Waals surface area (Å²) in [5.74, 6) is 0.933. The smallest absolute Gasteiger partial charge is 0.141 e. The van der Waals surface area contributed by atoms with Crippen molar-refractivity contribution in [2.24, 2.45) is 0 Å². The van der Waals surface area contributed by atoms with E-state index in [4.69, 9.17) is 11.6 Å². The highest BCUT2D eigenvalue weighted by Gasteiger charge is 2.33. The lowest BCUT2D eigenvalue weighted by atomic mass is 9.97. The van der Waals surface area contributed by atoms with Crippen LogP contribution < -0.4 is 9.80 Å². The summed E-state index contributed by atoms with van der Waals surface area (Å²) in [5, 5.41) is 11.2. The summed E-state index contributed by atoms with van der Waals surface area (Å²) in [6.07, 6.45) is 4.09. The maximum Gasteiger partial charge on any atom is 0.141 e. The number of hydrogen-bond donors (Lipinski definition) is 2. The molecule has 0 unspecified atom stereocenters. The predicted molar refractivity (Wildman–Crippen MR) is 101 cm³/mol. The molecule has 3 aromatic rings. The van der Waals surface area contributed by atoms with Gasteiger partial charge in [-0.05, 0) is 19.1 Å². The standard InChI is InChI=1S/C18H19ClN6O/c1-10-4-14-13(18(22-9-21-14)24-6-11(26)7-24)8-25(10)15-5-16(19)23-17-12(15)2-3-20-17/h2-3,5,9-11,26H,4,6-8H2,1H3,(H,20,23)/t10-/m1/s1. The van der Waals surface area contributed by atoms with Crippen LogP contribution >= 0.6 is 11.6 Å². The lowest BCUT2D eigenvalue weighted by Crippen LogP contribution is -2.52. The second-order valence-corrected chi connectivity index (χ2v) is 7.45. The van der Waals surface area contributed by atoms with Crippen LogP contribution in [0, 0.1) is 0 Å². The Bertz CT molecular complexity index is 983. The summed E-state index contributed by atoms with van der Waals surface area (Å²) in [4.78, 5) is 21.0. The van der Waals surface area contributed by atoms with E-state index in [9.17, 15) is 5.11 Å². The number of aliphatic hydroxyl groups is 1. The first-order valence-electron chi connectivity index (χ1n) is 8.76. The summed E-state index contributed by atoms with van der Waals surface area (Å²) in [6, 6.07) is 4.24. The minimum Gasteiger partial charge on any atom is -0.389 e. The Morgan fingerprint density at radius 1 is 1.31 bits per heavy atom. The molecule has 0 saturated carbocycles. The topological polar surface area (TPSA) is 81.2 Å². The van der Waals surface area contributed by atoms with Crippen LogP contribution in [0.15, 0.2) is 24.7 Å². The summed E-state index contributed by atoms with van der Waals surface area (Å²) < 4.78 is 0. The van der Waals surface area contributed by atoms with Crippen LogP contribution in [-0.4, -0.2) is 50.3 Å². The van der Waals surface area contributed by atoms with Crippen LogP contribution in [-0.2, 0) is 13.0 Å². The Labute approximate surface area is 155 Å². The molecule has 0 aromatic carbocycles. The molecule has 0 radical (unpaired) electrons. The summed E-state index contributed by atoms with van der Waals surface area (Å²) >= 11 is 6.26. The van der Waals surface area contributed by atoms with Gasteiger partial charge in [0, 0.05) is 49.2 Å². The molecule has 134 valence electrons. The maximum atomic E-state index is 9.66. The molecule has 1 atom stereocenters. The van der Waals surface area contributed by atoms with Gasteiger partial charge in [0.1, 0.15) is 22.9 Å². The van der Waals surface area contributed by atoms with Crippen LogP contribution in [0.25, 0.3) is 11.0 Å². The number of nitrogens with zero attached hydrogens (tertiary/aromatic N) is 5. The lowest BCUT2D eigenvalue weighted by Gasteiger charge is -2.41. The number of anilines is 2. The molecule has 1 fully saturated rings. The van der Waals surface area contributed by atoms with E-state index in [-0.39, 0.29) is 12.1 Å². The summed E-state index contributed by atoms with van der Waals surface area (Å²) in [5.41, 5.74) is 4.08. The van der Waals surface area contributed by atoms with Gasteiger partial charge in [-0.3, -0.25) is 0 Å². The van der Waals surface area contributed by atoms with E-state index in [0.29, 0.717) is 24.8 Å². The van der Waals surface area contributed by atoms with Crippen molar-refractivity contribution in [2.75, 3.05) is 22.9 Å². The van der Waals surface area contributed by atoms with Crippen LogP contribution in [0.5, 0.6) is 0 Å². The van der Waals surface area contributed by atoms with Gasteiger partial charge in [-0.15, -0.1) is 0 Å². The number of aromatic amines is 1. The molecule has 2 aliphatic rings. The summed E-state index contributed by atoms with van der Waals surface area (Å²) in [7, 11) is 0. The Balaban J connectivity index is 1.58. The number of H-pyrrole nitrogens is 1. The van der Waals surface area contributed by atoms with Gasteiger partial charge in [0.15, 0.2) is 0 Å². The fourth-order valence-electron chi connectivity index (χ4n) is 3.94. The van der Waals surface area contributed by atoms with Gasteiger partial charge in [0.2, 0.25) is 0 Å². The molecule has 5 heterocycles. The summed E-state index contributed by atoms with van der Waals surface area (Å²) in [6.45, 7) is 4.16. The monoisotopic (exact) mass is 370 g/mol. The van der Waals surface area contributed by atoms with Crippen molar-refractivity contribution in [3.05, 3.63) is 41.1 Å². The molecule has 0 spiro atoms. The number of halogens is 1. The van der Waals surface area contributed by atoms with Crippen LogP contribution in [0.3, 0.4) is 0 Å². The van der Waals surface area contributed by atoms with Crippen LogP contribution in [0.2, 0.25) is 5.15 Å². The molecule has 3 aromatic heterocycles. The second kappa shape index (κ2) is 5.82. The molecule has 1 saturated heterocycles. The van der Waals surface area contributed by atoms with Gasteiger partial charge < -0.3 is 19.9 Å². The molecule has 8 heteroatoms. The number of aromatic nitrogens is 4. The third kappa shape index (κ3) is 2.42. The number of β-amino-alcohol motifs (C(OH)–C–C–N with tert-alkyl or cyclic N) is 1. The van der Waals surface area contributed by atoms with Crippen molar-refractivity contribution < 1.29 is 5.11 Å². The number of rotatable bonds is 2. The number of fused-ring (bicyclic) bond motifs is 2. The Morgan fingerprint density at radius 2 is 2.15 bits per heavy atom. The van der Waals surface area contributed by atoms with E-state index in [1.165, 1.54) is 0 Å². The van der Waals surface area contributed by atoms with Crippen molar-refractivity contribution in [3.8, 4) is 0 Å². The van der Waals surface area contributed by atoms with Gasteiger partial charge in [0.05, 0.1) is 17.5 Å². The molecule has 26 heavy (non-hydrogen) atoms. The first kappa shape index (κ1) is 15.8. The van der Waals surface area contributed by atoms with Crippen molar-refractivity contribution >= 4 is 34.1 Å². The van der Waals surface area contributed by atoms with Gasteiger partial charge in [-0.2, -0.15) is 0 Å². The molecule has 5 rings (SSSR count). The van der Waals surface area contributed by atoms with E-state index >= 15 is 0 Å². The number of pyridine rings is 1. The number of nitrogens with one attached hydrogen (secondary N) is 1. The average Bonchev–Trinajstić information content (AvgIpc) is 3.05. The quantitative estimate of drug-likeness (QED) is 0.673. The predicted octanol–water partition coefficient (Wildman–Crippen LogP) is 2.14. The Morgan fingerprint density at radius 3 is 2.96 bits per heavy atom. The highest BCUT2D eigenvalue weighted by molar-refractivity contribution is 6.30. The third-order valence-corrected chi connectivity index (χ3v) is 5.50. The first-order valence-corrected chi connectivity index (χ1v) is 9.14. The zero-order chi connectivity index (χ0) is 17.8. The molecule has 2 N–H and O–H groups in total. The van der Waals surface area contributed by atoms with Gasteiger partial charge in [-0.1, -0.05) is 11.6 Å². The second-order valence-electron chi connectivity index (χ2n) is 7.07. The normalized spacial score (nSPS) is 20.3. The molecular formula is C18H19ClN6O. The van der Waals surface area contributed by atoms with E-state index in [2.05, 4.69) is 36.7 Å². The van der Waals surface area contributed by atoms with E-state index in [0.717, 1.165) is 40.2 Å². The van der Waals surface area contributed by atoms with Gasteiger partial charge in [0.25, 0.3) is 0 Å². The Hall–Kier alpha value is -2.38. The Kier molecular flexibility index (Phi) is 3.55. The molecule has 0 aliphatic carbocycles. The van der Waals surface area contributed by atoms with E-state index in [1.807, 2.05) is 18.3 Å². The third-order valence-electron chi connectivity index (χ3n) is 5.31. The van der Waals surface area contributed by atoms with Gasteiger partial charge in [-0.25, -0.2) is 15.0 Å². The highest BCUT2D eigenvalue weighted by atomic mass is 35.5. The van der Waals surface area contributed by atoms with Crippen LogP contribution in [0.4, 0.5) is 11.5 Å². The fraction of sp³-hybridized carbons (Fsp3) is 0.389. The zero-order valence-electron chi connectivity index (χ0n) is 14.4. The molecular weight excluding hydrogens is 352 g/mol. The number of aliphatic hydroxyl groups excluding tert-OH is 1. The highest BCUT2D eigenvalue weighted by Crippen LogP contribution is 2.36. The largest absolute Gasteiger partial charge is 0.389 e. The lowest BCUT2D eigenvalue weighted by molar-refractivity contribution is 0.141. The maximum absolute atomic E-state index is 9.66. The molecule has 0 bridgehead atoms. The average molecular weight is 371 g/mol. The van der Waals surface area contributed by atoms with Crippen LogP contribution in [0.1, 0.15) is 18.2 Å². The van der Waals surface area contributed by atoms with Crippen molar-refractivity contribution in [2.45, 2.75) is 32.0 Å². The minimum absolute atomic E-state index is 0.266. The minimum atomic E-state index is -0.266. The molecule has 7 nitrogen and oxygen atoms in total. The SMILES string of the molecule is C[C@@H]1Cc2ncnc(N3CC(O)C3)c2CN1c1cc(Cl)nc2[nH]ccc12.